The highest BCUT2D eigenvalue weighted by molar-refractivity contribution is 6.23. The molecule has 0 unspecified atom stereocenters. The number of amidine groups is 4. The smallest absolute Gasteiger partial charge is 0.272 e. The SMILES string of the molecule is CCCCCCCCOc1ccc2c(c1)/C(=N/c1n[nH]c(/N=C3\N=C(N)c4ccc(OCCCCCCCC)cc43)n1)N=C2N. The van der Waals surface area contributed by atoms with Gasteiger partial charge < -0.3 is 20.9 Å². The minimum Gasteiger partial charge on any atom is -0.494 e. The maximum Gasteiger partial charge on any atom is 0.272 e. The fourth-order valence-electron chi connectivity index (χ4n) is 5.37. The van der Waals surface area contributed by atoms with Gasteiger partial charge >= 0.3 is 0 Å². The van der Waals surface area contributed by atoms with Crippen molar-refractivity contribution in [1.29, 1.82) is 0 Å². The Morgan fingerprint density at radius 3 is 1.64 bits per heavy atom. The fourth-order valence-corrected chi connectivity index (χ4v) is 5.37. The molecule has 2 aromatic carbocycles. The summed E-state index contributed by atoms with van der Waals surface area (Å²) in [5.41, 5.74) is 15.6. The number of nitrogens with two attached hydrogens (primary N) is 2. The zero-order valence-electron chi connectivity index (χ0n) is 26.5. The van der Waals surface area contributed by atoms with Crippen LogP contribution >= 0.6 is 0 Å². The number of ether oxygens (including phenoxy) is 2. The van der Waals surface area contributed by atoms with Crippen LogP contribution in [-0.4, -0.2) is 51.7 Å². The van der Waals surface area contributed by atoms with Crippen molar-refractivity contribution in [3.8, 4) is 11.5 Å². The zero-order chi connectivity index (χ0) is 31.4. The number of unbranched alkanes of at least 4 members (excludes halogenated alkanes) is 10. The third-order valence-electron chi connectivity index (χ3n) is 7.88. The average Bonchev–Trinajstić information content (AvgIpc) is 3.71. The number of hydrogen-bond donors (Lipinski definition) is 3. The van der Waals surface area contributed by atoms with Gasteiger partial charge in [-0.15, -0.1) is 5.10 Å². The van der Waals surface area contributed by atoms with Crippen LogP contribution in [0.15, 0.2) is 56.4 Å². The third-order valence-corrected chi connectivity index (χ3v) is 7.88. The molecule has 5 N–H and O–H groups in total. The number of fused-ring (bicyclic) bond motifs is 2. The third kappa shape index (κ3) is 8.55. The van der Waals surface area contributed by atoms with Crippen LogP contribution in [0.25, 0.3) is 0 Å². The number of nitrogens with one attached hydrogen (secondary N) is 1. The van der Waals surface area contributed by atoms with Crippen LogP contribution in [0.1, 0.15) is 113 Å². The molecule has 5 rings (SSSR count). The molecule has 238 valence electrons. The van der Waals surface area contributed by atoms with Gasteiger partial charge in [0, 0.05) is 22.3 Å². The van der Waals surface area contributed by atoms with Crippen molar-refractivity contribution in [2.75, 3.05) is 13.2 Å². The number of hydrogen-bond acceptors (Lipinski definition) is 8. The normalized spacial score (nSPS) is 15.3. The van der Waals surface area contributed by atoms with Crippen molar-refractivity contribution in [1.82, 2.24) is 15.2 Å². The summed E-state index contributed by atoms with van der Waals surface area (Å²) in [4.78, 5) is 22.5. The molecule has 2 aliphatic heterocycles. The number of rotatable bonds is 18. The van der Waals surface area contributed by atoms with E-state index in [2.05, 4.69) is 49.0 Å². The second-order valence-corrected chi connectivity index (χ2v) is 11.5. The Morgan fingerprint density at radius 2 is 1.11 bits per heavy atom. The van der Waals surface area contributed by atoms with E-state index in [9.17, 15) is 0 Å². The molecule has 45 heavy (non-hydrogen) atoms. The van der Waals surface area contributed by atoms with E-state index in [0.717, 1.165) is 46.6 Å². The van der Waals surface area contributed by atoms with Crippen molar-refractivity contribution in [3.05, 3.63) is 58.7 Å². The van der Waals surface area contributed by atoms with E-state index in [1.165, 1.54) is 64.2 Å². The second kappa shape index (κ2) is 16.0. The first-order valence-electron chi connectivity index (χ1n) is 16.4. The highest BCUT2D eigenvalue weighted by Gasteiger charge is 2.23. The van der Waals surface area contributed by atoms with Crippen LogP contribution in [0, 0.1) is 0 Å². The van der Waals surface area contributed by atoms with E-state index in [1.54, 1.807) is 0 Å². The Morgan fingerprint density at radius 1 is 0.622 bits per heavy atom. The van der Waals surface area contributed by atoms with E-state index in [4.69, 9.17) is 20.9 Å². The highest BCUT2D eigenvalue weighted by Crippen LogP contribution is 2.27. The molecule has 1 aromatic heterocycles. The van der Waals surface area contributed by atoms with Crippen LogP contribution < -0.4 is 20.9 Å². The first kappa shape index (κ1) is 31.9. The maximum absolute atomic E-state index is 6.19. The summed E-state index contributed by atoms with van der Waals surface area (Å²) in [5, 5.41) is 7.05. The van der Waals surface area contributed by atoms with E-state index >= 15 is 0 Å². The van der Waals surface area contributed by atoms with Crippen molar-refractivity contribution < 1.29 is 9.47 Å². The van der Waals surface area contributed by atoms with Crippen molar-refractivity contribution in [2.45, 2.75) is 90.9 Å². The molecule has 0 amide bonds. The van der Waals surface area contributed by atoms with Gasteiger partial charge in [0.2, 0.25) is 5.95 Å². The minimum atomic E-state index is 0.179. The van der Waals surface area contributed by atoms with Gasteiger partial charge in [0.15, 0.2) is 11.7 Å². The number of H-pyrrole nitrogens is 1. The van der Waals surface area contributed by atoms with Crippen LogP contribution in [0.3, 0.4) is 0 Å². The molecule has 2 aliphatic rings. The minimum absolute atomic E-state index is 0.179. The Kier molecular flexibility index (Phi) is 11.3. The number of aromatic amines is 1. The zero-order valence-corrected chi connectivity index (χ0v) is 26.5. The summed E-state index contributed by atoms with van der Waals surface area (Å²) < 4.78 is 12.0. The van der Waals surface area contributed by atoms with Gasteiger partial charge in [0.1, 0.15) is 23.2 Å². The quantitative estimate of drug-likeness (QED) is 0.133. The lowest BCUT2D eigenvalue weighted by molar-refractivity contribution is 0.304. The lowest BCUT2D eigenvalue weighted by Crippen LogP contribution is -2.10. The van der Waals surface area contributed by atoms with Gasteiger partial charge in [-0.25, -0.2) is 15.1 Å². The molecule has 0 bridgehead atoms. The number of aromatic nitrogens is 3. The molecule has 11 nitrogen and oxygen atoms in total. The molecular weight excluding hydrogens is 566 g/mol. The van der Waals surface area contributed by atoms with Gasteiger partial charge in [-0.1, -0.05) is 78.1 Å². The van der Waals surface area contributed by atoms with E-state index < -0.39 is 0 Å². The number of nitrogens with zero attached hydrogens (tertiary/aromatic N) is 6. The summed E-state index contributed by atoms with van der Waals surface area (Å²) in [6, 6.07) is 11.5. The van der Waals surface area contributed by atoms with Crippen molar-refractivity contribution >= 4 is 35.2 Å². The van der Waals surface area contributed by atoms with Crippen LogP contribution in [0.4, 0.5) is 11.9 Å². The molecule has 0 fully saturated rings. The predicted octanol–water partition coefficient (Wildman–Crippen LogP) is 6.88. The summed E-state index contributed by atoms with van der Waals surface area (Å²) in [6.07, 6.45) is 14.5. The molecule has 0 saturated carbocycles. The molecule has 0 atom stereocenters. The van der Waals surface area contributed by atoms with Gasteiger partial charge in [-0.05, 0) is 49.2 Å². The van der Waals surface area contributed by atoms with Gasteiger partial charge in [-0.2, -0.15) is 15.0 Å². The lowest BCUT2D eigenvalue weighted by atomic mass is 10.1. The lowest BCUT2D eigenvalue weighted by Gasteiger charge is -2.08. The fraction of sp³-hybridized carbons (Fsp3) is 0.471. The van der Waals surface area contributed by atoms with Crippen molar-refractivity contribution in [3.63, 3.8) is 0 Å². The molecule has 0 aliphatic carbocycles. The van der Waals surface area contributed by atoms with Gasteiger partial charge in [0.05, 0.1) is 13.2 Å². The predicted molar refractivity (Wildman–Crippen MR) is 181 cm³/mol. The van der Waals surface area contributed by atoms with E-state index in [0.29, 0.717) is 36.6 Å². The average molecular weight is 612 g/mol. The molecule has 0 spiro atoms. The Labute approximate surface area is 265 Å². The molecule has 0 radical (unpaired) electrons. The Hall–Kier alpha value is -4.54. The summed E-state index contributed by atoms with van der Waals surface area (Å²) in [5.74, 6) is 3.59. The Balaban J connectivity index is 1.22. The highest BCUT2D eigenvalue weighted by atomic mass is 16.5. The standard InChI is InChI=1S/C34H45N9O2/c1-3-5-7-9-11-13-19-44-23-15-17-25-27(21-23)31(37-29(25)35)39-33-41-34(43-42-33)40-32-28-22-24(16-18-26(28)30(36)38-32)45-20-14-12-10-8-6-4-2/h15-18,21-22H,3-14,19-20H2,1-2H3,(H5,35,36,37,38,39,40,41,42,43). The monoisotopic (exact) mass is 611 g/mol. The van der Waals surface area contributed by atoms with Crippen LogP contribution in [0.2, 0.25) is 0 Å². The molecule has 11 heteroatoms. The first-order chi connectivity index (χ1) is 22.1. The number of benzene rings is 2. The summed E-state index contributed by atoms with van der Waals surface area (Å²) in [6.45, 7) is 5.79. The Bertz CT molecular complexity index is 1460. The molecule has 3 aromatic rings. The largest absolute Gasteiger partial charge is 0.494 e. The number of aliphatic imine (C=N–C) groups is 4. The maximum atomic E-state index is 6.19. The molecule has 0 saturated heterocycles. The van der Waals surface area contributed by atoms with Gasteiger partial charge in [-0.3, -0.25) is 0 Å². The molecule has 3 heterocycles. The van der Waals surface area contributed by atoms with E-state index in [-0.39, 0.29) is 11.9 Å². The second-order valence-electron chi connectivity index (χ2n) is 11.5. The summed E-state index contributed by atoms with van der Waals surface area (Å²) >= 11 is 0. The van der Waals surface area contributed by atoms with E-state index in [1.807, 2.05) is 36.4 Å². The molecular formula is C34H45N9O2. The van der Waals surface area contributed by atoms with Crippen LogP contribution in [-0.2, 0) is 0 Å². The van der Waals surface area contributed by atoms with Crippen molar-refractivity contribution in [2.24, 2.45) is 31.4 Å². The first-order valence-corrected chi connectivity index (χ1v) is 16.4. The topological polar surface area (TPSA) is 162 Å². The van der Waals surface area contributed by atoms with Crippen LogP contribution in [0.5, 0.6) is 11.5 Å². The summed E-state index contributed by atoms with van der Waals surface area (Å²) in [7, 11) is 0. The van der Waals surface area contributed by atoms with Gasteiger partial charge in [0.25, 0.3) is 5.95 Å².